The average Bonchev–Trinajstić information content (AvgIpc) is 2.47. The van der Waals surface area contributed by atoms with Crippen molar-refractivity contribution in [2.45, 2.75) is 12.5 Å². The Kier molecular flexibility index (Phi) is 2.99. The van der Waals surface area contributed by atoms with E-state index in [4.69, 9.17) is 0 Å². The lowest BCUT2D eigenvalue weighted by Gasteiger charge is -2.20. The Labute approximate surface area is 107 Å². The molecule has 0 saturated heterocycles. The molecule has 0 fully saturated rings. The normalized spacial score (nSPS) is 20.2. The fourth-order valence-electron chi connectivity index (χ4n) is 2.47. The molecule has 0 aromatic heterocycles. The molecular weight excluding hydrogens is 220 g/mol. The van der Waals surface area contributed by atoms with Crippen molar-refractivity contribution in [3.05, 3.63) is 72.3 Å². The van der Waals surface area contributed by atoms with Crippen LogP contribution in [0.1, 0.15) is 18.1 Å². The highest BCUT2D eigenvalue weighted by molar-refractivity contribution is 5.83. The standard InChI is InChI=1S/C17H16O/c18-17(14-7-2-1-3-8-14)16-11-10-13-6-4-5-9-15(13)12-16/h1-7,9-12,14,17-18H,8H2. The molecule has 1 aliphatic carbocycles. The monoisotopic (exact) mass is 236 g/mol. The third-order valence-corrected chi connectivity index (χ3v) is 3.53. The first-order valence-corrected chi connectivity index (χ1v) is 6.35. The molecule has 0 spiro atoms. The van der Waals surface area contributed by atoms with Crippen LogP contribution in [0.4, 0.5) is 0 Å². The highest BCUT2D eigenvalue weighted by Gasteiger charge is 2.18. The van der Waals surface area contributed by atoms with E-state index in [0.29, 0.717) is 0 Å². The summed E-state index contributed by atoms with van der Waals surface area (Å²) >= 11 is 0. The van der Waals surface area contributed by atoms with E-state index in [1.165, 1.54) is 10.8 Å². The number of aliphatic hydroxyl groups excluding tert-OH is 1. The first-order valence-electron chi connectivity index (χ1n) is 6.35. The number of allylic oxidation sites excluding steroid dienone is 3. The van der Waals surface area contributed by atoms with Crippen molar-refractivity contribution in [2.24, 2.45) is 5.92 Å². The van der Waals surface area contributed by atoms with E-state index < -0.39 is 6.10 Å². The Hall–Kier alpha value is -1.86. The van der Waals surface area contributed by atoms with E-state index in [9.17, 15) is 5.11 Å². The van der Waals surface area contributed by atoms with Crippen LogP contribution in [0.3, 0.4) is 0 Å². The molecule has 0 radical (unpaired) electrons. The maximum Gasteiger partial charge on any atom is 0.0855 e. The van der Waals surface area contributed by atoms with Gasteiger partial charge in [-0.05, 0) is 28.8 Å². The molecule has 2 atom stereocenters. The van der Waals surface area contributed by atoms with Gasteiger partial charge in [0.25, 0.3) is 0 Å². The van der Waals surface area contributed by atoms with Gasteiger partial charge >= 0.3 is 0 Å². The Balaban J connectivity index is 1.93. The van der Waals surface area contributed by atoms with Crippen molar-refractivity contribution >= 4 is 10.8 Å². The van der Waals surface area contributed by atoms with Gasteiger partial charge in [-0.2, -0.15) is 0 Å². The number of aliphatic hydroxyl groups is 1. The maximum absolute atomic E-state index is 10.4. The lowest BCUT2D eigenvalue weighted by Crippen LogP contribution is -2.10. The second-order valence-electron chi connectivity index (χ2n) is 4.76. The first kappa shape index (κ1) is 11.2. The van der Waals surface area contributed by atoms with Crippen molar-refractivity contribution < 1.29 is 5.11 Å². The first-order chi connectivity index (χ1) is 8.84. The number of hydrogen-bond acceptors (Lipinski definition) is 1. The van der Waals surface area contributed by atoms with Crippen LogP contribution in [0.2, 0.25) is 0 Å². The summed E-state index contributed by atoms with van der Waals surface area (Å²) in [5, 5.41) is 12.8. The summed E-state index contributed by atoms with van der Waals surface area (Å²) in [6.45, 7) is 0. The molecule has 3 rings (SSSR count). The van der Waals surface area contributed by atoms with Gasteiger partial charge in [0, 0.05) is 5.92 Å². The van der Waals surface area contributed by atoms with E-state index in [1.54, 1.807) is 0 Å². The minimum absolute atomic E-state index is 0.191. The van der Waals surface area contributed by atoms with Gasteiger partial charge in [0.2, 0.25) is 0 Å². The summed E-state index contributed by atoms with van der Waals surface area (Å²) in [6.07, 6.45) is 8.72. The zero-order valence-corrected chi connectivity index (χ0v) is 10.2. The predicted molar refractivity (Wildman–Crippen MR) is 75.3 cm³/mol. The molecule has 1 aliphatic rings. The molecule has 2 aromatic rings. The van der Waals surface area contributed by atoms with Crippen LogP contribution >= 0.6 is 0 Å². The smallest absolute Gasteiger partial charge is 0.0855 e. The summed E-state index contributed by atoms with van der Waals surface area (Å²) in [7, 11) is 0. The van der Waals surface area contributed by atoms with Gasteiger partial charge in [-0.15, -0.1) is 0 Å². The van der Waals surface area contributed by atoms with Gasteiger partial charge in [0.05, 0.1) is 6.10 Å². The van der Waals surface area contributed by atoms with Crippen molar-refractivity contribution in [2.75, 3.05) is 0 Å². The Bertz CT molecular complexity index is 610. The van der Waals surface area contributed by atoms with Crippen LogP contribution in [0, 0.1) is 5.92 Å². The van der Waals surface area contributed by atoms with Gasteiger partial charge in [0.1, 0.15) is 0 Å². The number of hydrogen-bond donors (Lipinski definition) is 1. The van der Waals surface area contributed by atoms with Crippen molar-refractivity contribution in [1.29, 1.82) is 0 Å². The lowest BCUT2D eigenvalue weighted by molar-refractivity contribution is 0.132. The maximum atomic E-state index is 10.4. The number of fused-ring (bicyclic) bond motifs is 1. The average molecular weight is 236 g/mol. The quantitative estimate of drug-likeness (QED) is 0.835. The Morgan fingerprint density at radius 2 is 1.83 bits per heavy atom. The van der Waals surface area contributed by atoms with Crippen LogP contribution in [-0.4, -0.2) is 5.11 Å². The summed E-state index contributed by atoms with van der Waals surface area (Å²) in [5.41, 5.74) is 0.999. The van der Waals surface area contributed by atoms with Gasteiger partial charge in [-0.3, -0.25) is 0 Å². The Morgan fingerprint density at radius 1 is 1.00 bits per heavy atom. The van der Waals surface area contributed by atoms with Crippen LogP contribution in [0.5, 0.6) is 0 Å². The molecule has 0 saturated carbocycles. The van der Waals surface area contributed by atoms with Crippen LogP contribution in [0.15, 0.2) is 66.8 Å². The molecule has 0 aliphatic heterocycles. The third-order valence-electron chi connectivity index (χ3n) is 3.53. The van der Waals surface area contributed by atoms with Gasteiger partial charge in [-0.1, -0.05) is 60.7 Å². The molecule has 1 nitrogen and oxygen atoms in total. The highest BCUT2D eigenvalue weighted by Crippen LogP contribution is 2.29. The molecule has 0 heterocycles. The second kappa shape index (κ2) is 4.79. The molecule has 1 heteroatoms. The lowest BCUT2D eigenvalue weighted by atomic mass is 9.89. The number of benzene rings is 2. The second-order valence-corrected chi connectivity index (χ2v) is 4.76. The molecule has 90 valence electrons. The van der Waals surface area contributed by atoms with E-state index in [2.05, 4.69) is 36.4 Å². The number of rotatable bonds is 2. The fourth-order valence-corrected chi connectivity index (χ4v) is 2.47. The van der Waals surface area contributed by atoms with E-state index in [-0.39, 0.29) is 5.92 Å². The minimum atomic E-state index is -0.421. The van der Waals surface area contributed by atoms with E-state index >= 15 is 0 Å². The molecular formula is C17H16O. The van der Waals surface area contributed by atoms with Crippen LogP contribution in [-0.2, 0) is 0 Å². The minimum Gasteiger partial charge on any atom is -0.388 e. The molecule has 18 heavy (non-hydrogen) atoms. The van der Waals surface area contributed by atoms with Gasteiger partial charge in [-0.25, -0.2) is 0 Å². The predicted octanol–water partition coefficient (Wildman–Crippen LogP) is 4.01. The summed E-state index contributed by atoms with van der Waals surface area (Å²) in [6, 6.07) is 14.4. The van der Waals surface area contributed by atoms with Gasteiger partial charge < -0.3 is 5.11 Å². The summed E-state index contributed by atoms with van der Waals surface area (Å²) in [4.78, 5) is 0. The molecule has 2 unspecified atom stereocenters. The van der Waals surface area contributed by atoms with Crippen LogP contribution < -0.4 is 0 Å². The van der Waals surface area contributed by atoms with E-state index in [1.807, 2.05) is 30.4 Å². The van der Waals surface area contributed by atoms with Crippen molar-refractivity contribution in [3.63, 3.8) is 0 Å². The topological polar surface area (TPSA) is 20.2 Å². The fraction of sp³-hybridized carbons (Fsp3) is 0.176. The third kappa shape index (κ3) is 2.09. The summed E-state index contributed by atoms with van der Waals surface area (Å²) < 4.78 is 0. The molecule has 2 aromatic carbocycles. The highest BCUT2D eigenvalue weighted by atomic mass is 16.3. The molecule has 1 N–H and O–H groups in total. The van der Waals surface area contributed by atoms with Crippen molar-refractivity contribution in [1.82, 2.24) is 0 Å². The molecule has 0 bridgehead atoms. The van der Waals surface area contributed by atoms with Crippen molar-refractivity contribution in [3.8, 4) is 0 Å². The molecule has 0 amide bonds. The SMILES string of the molecule is OC(c1ccc2ccccc2c1)C1C=CC=CC1. The zero-order valence-electron chi connectivity index (χ0n) is 10.2. The van der Waals surface area contributed by atoms with E-state index in [0.717, 1.165) is 12.0 Å². The zero-order chi connectivity index (χ0) is 12.4. The summed E-state index contributed by atoms with van der Waals surface area (Å²) in [5.74, 6) is 0.191. The van der Waals surface area contributed by atoms with Gasteiger partial charge in [0.15, 0.2) is 0 Å². The largest absolute Gasteiger partial charge is 0.388 e. The Morgan fingerprint density at radius 3 is 2.61 bits per heavy atom. The van der Waals surface area contributed by atoms with Crippen LogP contribution in [0.25, 0.3) is 10.8 Å².